The van der Waals surface area contributed by atoms with Crippen LogP contribution in [-0.4, -0.2) is 29.8 Å². The molecule has 3 rings (SSSR count). The molecule has 2 heterocycles. The van der Waals surface area contributed by atoms with Gasteiger partial charge in [-0.3, -0.25) is 4.98 Å². The van der Waals surface area contributed by atoms with E-state index in [9.17, 15) is 5.11 Å². The zero-order chi connectivity index (χ0) is 17.6. The highest BCUT2D eigenvalue weighted by molar-refractivity contribution is 5.93. The second-order valence-corrected chi connectivity index (χ2v) is 5.45. The standard InChI is InChI=1S/C19H22N2O4/c1-3-23-18-10-13-14(21-12-16(22)17-6-5-9-25-17)7-8-20-15(13)11-19(18)24-4-2/h5-11,16,22H,3-4,12H2,1-2H3,(H,20,21)/t16-/m1/s1. The Morgan fingerprint density at radius 2 is 1.92 bits per heavy atom. The minimum Gasteiger partial charge on any atom is -0.490 e. The summed E-state index contributed by atoms with van der Waals surface area (Å²) in [5.41, 5.74) is 1.66. The van der Waals surface area contributed by atoms with Crippen molar-refractivity contribution in [3.8, 4) is 11.5 Å². The third-order valence-corrected chi connectivity index (χ3v) is 3.76. The lowest BCUT2D eigenvalue weighted by Gasteiger charge is -2.15. The first-order valence-corrected chi connectivity index (χ1v) is 8.36. The summed E-state index contributed by atoms with van der Waals surface area (Å²) in [5, 5.41) is 14.3. The normalized spacial score (nSPS) is 12.1. The SMILES string of the molecule is CCOc1cc2nccc(NC[C@@H](O)c3ccco3)c2cc1OCC. The van der Waals surface area contributed by atoms with E-state index < -0.39 is 6.10 Å². The number of nitrogens with one attached hydrogen (secondary N) is 1. The van der Waals surface area contributed by atoms with Crippen LogP contribution >= 0.6 is 0 Å². The Labute approximate surface area is 146 Å². The second-order valence-electron chi connectivity index (χ2n) is 5.45. The first-order valence-electron chi connectivity index (χ1n) is 8.36. The molecule has 0 saturated heterocycles. The van der Waals surface area contributed by atoms with Crippen LogP contribution in [0.4, 0.5) is 5.69 Å². The quantitative estimate of drug-likeness (QED) is 0.649. The average Bonchev–Trinajstić information content (AvgIpc) is 3.15. The van der Waals surface area contributed by atoms with Crippen molar-refractivity contribution in [1.82, 2.24) is 4.98 Å². The summed E-state index contributed by atoms with van der Waals surface area (Å²) in [4.78, 5) is 4.41. The number of pyridine rings is 1. The monoisotopic (exact) mass is 342 g/mol. The molecule has 6 heteroatoms. The van der Waals surface area contributed by atoms with E-state index in [0.717, 1.165) is 16.6 Å². The number of anilines is 1. The van der Waals surface area contributed by atoms with Gasteiger partial charge in [-0.05, 0) is 38.1 Å². The maximum atomic E-state index is 10.2. The Morgan fingerprint density at radius 3 is 2.60 bits per heavy atom. The fourth-order valence-corrected chi connectivity index (χ4v) is 2.63. The maximum Gasteiger partial charge on any atom is 0.163 e. The Morgan fingerprint density at radius 1 is 1.16 bits per heavy atom. The minimum atomic E-state index is -0.729. The molecule has 132 valence electrons. The molecule has 0 radical (unpaired) electrons. The Kier molecular flexibility index (Phi) is 5.40. The van der Waals surface area contributed by atoms with E-state index in [2.05, 4.69) is 10.3 Å². The van der Waals surface area contributed by atoms with Gasteiger partial charge in [0.25, 0.3) is 0 Å². The fourth-order valence-electron chi connectivity index (χ4n) is 2.63. The summed E-state index contributed by atoms with van der Waals surface area (Å²) in [6.07, 6.45) is 2.54. The van der Waals surface area contributed by atoms with Crippen molar-refractivity contribution in [1.29, 1.82) is 0 Å². The summed E-state index contributed by atoms with van der Waals surface area (Å²) in [6, 6.07) is 9.16. The predicted octanol–water partition coefficient (Wildman–Crippen LogP) is 3.77. The Balaban J connectivity index is 1.88. The number of fused-ring (bicyclic) bond motifs is 1. The van der Waals surface area contributed by atoms with E-state index in [-0.39, 0.29) is 0 Å². The predicted molar refractivity (Wildman–Crippen MR) is 96.2 cm³/mol. The molecule has 1 aromatic carbocycles. The average molecular weight is 342 g/mol. The van der Waals surface area contributed by atoms with Crippen LogP contribution in [0.1, 0.15) is 25.7 Å². The van der Waals surface area contributed by atoms with Crippen molar-refractivity contribution < 1.29 is 19.0 Å². The largest absolute Gasteiger partial charge is 0.490 e. The summed E-state index contributed by atoms with van der Waals surface area (Å²) >= 11 is 0. The molecule has 2 aromatic heterocycles. The molecule has 0 bridgehead atoms. The zero-order valence-corrected chi connectivity index (χ0v) is 14.4. The number of benzene rings is 1. The van der Waals surface area contributed by atoms with Crippen molar-refractivity contribution in [3.63, 3.8) is 0 Å². The van der Waals surface area contributed by atoms with E-state index in [1.807, 2.05) is 32.0 Å². The summed E-state index contributed by atoms with van der Waals surface area (Å²) in [6.45, 7) is 5.29. The van der Waals surface area contributed by atoms with E-state index in [1.54, 1.807) is 24.6 Å². The van der Waals surface area contributed by atoms with Crippen LogP contribution in [0.3, 0.4) is 0 Å². The van der Waals surface area contributed by atoms with Crippen molar-refractivity contribution >= 4 is 16.6 Å². The molecule has 0 amide bonds. The lowest BCUT2D eigenvalue weighted by molar-refractivity contribution is 0.162. The van der Waals surface area contributed by atoms with Crippen LogP contribution in [0.25, 0.3) is 10.9 Å². The highest BCUT2D eigenvalue weighted by Crippen LogP contribution is 2.35. The zero-order valence-electron chi connectivity index (χ0n) is 14.4. The van der Waals surface area contributed by atoms with Crippen molar-refractivity contribution in [2.75, 3.05) is 25.1 Å². The number of hydrogen-bond donors (Lipinski definition) is 2. The molecule has 0 aliphatic heterocycles. The molecule has 3 aromatic rings. The molecule has 1 atom stereocenters. The number of nitrogens with zero attached hydrogens (tertiary/aromatic N) is 1. The molecule has 0 unspecified atom stereocenters. The van der Waals surface area contributed by atoms with Gasteiger partial charge in [0.05, 0.1) is 25.0 Å². The van der Waals surface area contributed by atoms with Crippen LogP contribution < -0.4 is 14.8 Å². The molecule has 0 aliphatic rings. The van der Waals surface area contributed by atoms with Gasteiger partial charge < -0.3 is 24.3 Å². The van der Waals surface area contributed by atoms with Gasteiger partial charge in [0.15, 0.2) is 11.5 Å². The van der Waals surface area contributed by atoms with Gasteiger partial charge in [0.1, 0.15) is 11.9 Å². The summed E-state index contributed by atoms with van der Waals surface area (Å²) < 4.78 is 16.6. The van der Waals surface area contributed by atoms with Crippen LogP contribution in [0.5, 0.6) is 11.5 Å². The molecular weight excluding hydrogens is 320 g/mol. The summed E-state index contributed by atoms with van der Waals surface area (Å²) in [7, 11) is 0. The molecule has 0 fully saturated rings. The minimum absolute atomic E-state index is 0.323. The van der Waals surface area contributed by atoms with Crippen LogP contribution in [0.2, 0.25) is 0 Å². The molecule has 0 aliphatic carbocycles. The van der Waals surface area contributed by atoms with Gasteiger partial charge >= 0.3 is 0 Å². The number of ether oxygens (including phenoxy) is 2. The first kappa shape index (κ1) is 17.1. The highest BCUT2D eigenvalue weighted by atomic mass is 16.5. The van der Waals surface area contributed by atoms with Crippen LogP contribution in [-0.2, 0) is 0 Å². The van der Waals surface area contributed by atoms with Gasteiger partial charge in [0.2, 0.25) is 0 Å². The number of aromatic nitrogens is 1. The second kappa shape index (κ2) is 7.90. The van der Waals surface area contributed by atoms with E-state index in [1.165, 1.54) is 0 Å². The number of furan rings is 1. The fraction of sp³-hybridized carbons (Fsp3) is 0.316. The van der Waals surface area contributed by atoms with E-state index in [4.69, 9.17) is 13.9 Å². The maximum absolute atomic E-state index is 10.2. The van der Waals surface area contributed by atoms with Crippen molar-refractivity contribution in [2.45, 2.75) is 20.0 Å². The van der Waals surface area contributed by atoms with Crippen LogP contribution in [0.15, 0.2) is 47.2 Å². The third kappa shape index (κ3) is 3.85. The van der Waals surface area contributed by atoms with Gasteiger partial charge in [0, 0.05) is 29.9 Å². The lowest BCUT2D eigenvalue weighted by Crippen LogP contribution is -2.12. The van der Waals surface area contributed by atoms with E-state index in [0.29, 0.717) is 37.0 Å². The Hall–Kier alpha value is -2.73. The molecule has 0 saturated carbocycles. The summed E-state index contributed by atoms with van der Waals surface area (Å²) in [5.74, 6) is 1.89. The lowest BCUT2D eigenvalue weighted by atomic mass is 10.1. The molecule has 25 heavy (non-hydrogen) atoms. The van der Waals surface area contributed by atoms with Gasteiger partial charge in [-0.15, -0.1) is 0 Å². The number of aliphatic hydroxyl groups excluding tert-OH is 1. The first-order chi connectivity index (χ1) is 12.2. The number of aliphatic hydroxyl groups is 1. The van der Waals surface area contributed by atoms with Gasteiger partial charge in [-0.25, -0.2) is 0 Å². The van der Waals surface area contributed by atoms with Crippen LogP contribution in [0, 0.1) is 0 Å². The smallest absolute Gasteiger partial charge is 0.163 e. The third-order valence-electron chi connectivity index (χ3n) is 3.76. The Bertz CT molecular complexity index is 818. The topological polar surface area (TPSA) is 76.8 Å². The molecule has 2 N–H and O–H groups in total. The number of rotatable bonds is 8. The number of hydrogen-bond acceptors (Lipinski definition) is 6. The molecular formula is C19H22N2O4. The highest BCUT2D eigenvalue weighted by Gasteiger charge is 2.13. The molecule has 0 spiro atoms. The van der Waals surface area contributed by atoms with Crippen molar-refractivity contribution in [3.05, 3.63) is 48.6 Å². The molecule has 6 nitrogen and oxygen atoms in total. The van der Waals surface area contributed by atoms with E-state index >= 15 is 0 Å². The van der Waals surface area contributed by atoms with Crippen molar-refractivity contribution in [2.24, 2.45) is 0 Å². The van der Waals surface area contributed by atoms with Gasteiger partial charge in [-0.1, -0.05) is 0 Å². The van der Waals surface area contributed by atoms with Gasteiger partial charge in [-0.2, -0.15) is 0 Å².